The van der Waals surface area contributed by atoms with E-state index in [-0.39, 0.29) is 12.3 Å². The van der Waals surface area contributed by atoms with Crippen LogP contribution >= 0.6 is 22.9 Å². The number of pyridine rings is 1. The van der Waals surface area contributed by atoms with Crippen LogP contribution in [-0.2, 0) is 11.2 Å². The Kier molecular flexibility index (Phi) is 5.84. The summed E-state index contributed by atoms with van der Waals surface area (Å²) in [5, 5.41) is 9.65. The zero-order valence-corrected chi connectivity index (χ0v) is 16.9. The molecule has 1 amide bonds. The fourth-order valence-electron chi connectivity index (χ4n) is 2.78. The fraction of sp³-hybridized carbons (Fsp3) is 0.0455. The van der Waals surface area contributed by atoms with Crippen LogP contribution in [0.2, 0.25) is 5.02 Å². The van der Waals surface area contributed by atoms with Crippen LogP contribution < -0.4 is 10.6 Å². The Hall–Kier alpha value is -3.22. The minimum absolute atomic E-state index is 0.0845. The molecule has 2 aromatic carbocycles. The molecular weight excluding hydrogens is 404 g/mol. The minimum Gasteiger partial charge on any atom is -0.331 e. The van der Waals surface area contributed by atoms with Crippen LogP contribution in [0.3, 0.4) is 0 Å². The molecule has 0 radical (unpaired) electrons. The number of amides is 1. The molecule has 0 unspecified atom stereocenters. The van der Waals surface area contributed by atoms with E-state index in [9.17, 15) is 4.79 Å². The van der Waals surface area contributed by atoms with Gasteiger partial charge in [0, 0.05) is 39.7 Å². The van der Waals surface area contributed by atoms with Crippen molar-refractivity contribution in [3.05, 3.63) is 89.0 Å². The Morgan fingerprint density at radius 2 is 1.76 bits per heavy atom. The third-order valence-corrected chi connectivity index (χ3v) is 5.17. The Bertz CT molecular complexity index is 1110. The number of hydrogen-bond acceptors (Lipinski definition) is 5. The summed E-state index contributed by atoms with van der Waals surface area (Å²) < 4.78 is 0. The number of nitrogens with one attached hydrogen (secondary N) is 2. The van der Waals surface area contributed by atoms with Crippen LogP contribution in [0.4, 0.5) is 16.5 Å². The van der Waals surface area contributed by atoms with E-state index >= 15 is 0 Å². The summed E-state index contributed by atoms with van der Waals surface area (Å²) in [5.41, 5.74) is 4.40. The van der Waals surface area contributed by atoms with Crippen LogP contribution in [0.5, 0.6) is 0 Å². The van der Waals surface area contributed by atoms with Gasteiger partial charge >= 0.3 is 0 Å². The van der Waals surface area contributed by atoms with Crippen molar-refractivity contribution < 1.29 is 4.79 Å². The van der Waals surface area contributed by atoms with Crippen molar-refractivity contribution in [3.8, 4) is 11.3 Å². The quantitative estimate of drug-likeness (QED) is 0.414. The van der Waals surface area contributed by atoms with Crippen molar-refractivity contribution in [3.63, 3.8) is 0 Å². The first kappa shape index (κ1) is 19.1. The molecule has 5 nitrogen and oxygen atoms in total. The number of hydrogen-bond donors (Lipinski definition) is 2. The van der Waals surface area contributed by atoms with Crippen molar-refractivity contribution in [2.45, 2.75) is 6.42 Å². The molecule has 29 heavy (non-hydrogen) atoms. The molecule has 144 valence electrons. The summed E-state index contributed by atoms with van der Waals surface area (Å²) in [6, 6.07) is 18.7. The van der Waals surface area contributed by atoms with E-state index in [2.05, 4.69) is 20.6 Å². The molecule has 0 spiro atoms. The van der Waals surface area contributed by atoms with Gasteiger partial charge in [-0.05, 0) is 48.0 Å². The number of anilines is 3. The zero-order valence-electron chi connectivity index (χ0n) is 15.3. The lowest BCUT2D eigenvalue weighted by atomic mass is 10.1. The number of carbonyl (C=O) groups excluding carboxylic acids is 1. The molecule has 4 aromatic rings. The number of nitrogens with zero attached hydrogens (tertiary/aromatic N) is 2. The van der Waals surface area contributed by atoms with Gasteiger partial charge in [0.1, 0.15) is 0 Å². The SMILES string of the molecule is O=C(Cc1ccc(Cl)cc1)Nc1cccc(Nc2nc(-c3ccncc3)cs2)c1. The zero-order chi connectivity index (χ0) is 20.1. The minimum atomic E-state index is -0.0845. The standard InChI is InChI=1S/C22H17ClN4OS/c23-17-6-4-15(5-7-17)12-21(28)25-18-2-1-3-19(13-18)26-22-27-20(14-29-22)16-8-10-24-11-9-16/h1-11,13-14H,12H2,(H,25,28)(H,26,27). The predicted molar refractivity (Wildman–Crippen MR) is 119 cm³/mol. The molecule has 4 rings (SSSR count). The van der Waals surface area contributed by atoms with E-state index < -0.39 is 0 Å². The third kappa shape index (κ3) is 5.19. The summed E-state index contributed by atoms with van der Waals surface area (Å²) in [6.07, 6.45) is 3.78. The normalized spacial score (nSPS) is 10.5. The van der Waals surface area contributed by atoms with E-state index in [1.165, 1.54) is 11.3 Å². The van der Waals surface area contributed by atoms with Crippen LogP contribution in [0.1, 0.15) is 5.56 Å². The van der Waals surface area contributed by atoms with Crippen molar-refractivity contribution in [1.82, 2.24) is 9.97 Å². The summed E-state index contributed by atoms with van der Waals surface area (Å²) in [7, 11) is 0. The highest BCUT2D eigenvalue weighted by atomic mass is 35.5. The van der Waals surface area contributed by atoms with Gasteiger partial charge in [-0.15, -0.1) is 11.3 Å². The Balaban J connectivity index is 1.40. The molecule has 0 aliphatic rings. The number of halogens is 1. The Morgan fingerprint density at radius 3 is 2.55 bits per heavy atom. The highest BCUT2D eigenvalue weighted by molar-refractivity contribution is 7.14. The van der Waals surface area contributed by atoms with Gasteiger partial charge in [0.2, 0.25) is 5.91 Å². The Morgan fingerprint density at radius 1 is 1.00 bits per heavy atom. The maximum atomic E-state index is 12.3. The fourth-order valence-corrected chi connectivity index (χ4v) is 3.64. The average molecular weight is 421 g/mol. The lowest BCUT2D eigenvalue weighted by Gasteiger charge is -2.08. The molecular formula is C22H17ClN4OS. The third-order valence-electron chi connectivity index (χ3n) is 4.16. The molecule has 2 aromatic heterocycles. The molecule has 0 saturated heterocycles. The van der Waals surface area contributed by atoms with Crippen molar-refractivity contribution in [2.24, 2.45) is 0 Å². The van der Waals surface area contributed by atoms with E-state index in [1.807, 2.05) is 53.9 Å². The molecule has 7 heteroatoms. The van der Waals surface area contributed by atoms with Crippen molar-refractivity contribution >= 4 is 45.4 Å². The van der Waals surface area contributed by atoms with Crippen molar-refractivity contribution in [2.75, 3.05) is 10.6 Å². The van der Waals surface area contributed by atoms with Gasteiger partial charge in [0.25, 0.3) is 0 Å². The van der Waals surface area contributed by atoms with Crippen molar-refractivity contribution in [1.29, 1.82) is 0 Å². The molecule has 0 saturated carbocycles. The van der Waals surface area contributed by atoms with Crippen LogP contribution in [0.25, 0.3) is 11.3 Å². The number of rotatable bonds is 6. The summed E-state index contributed by atoms with van der Waals surface area (Å²) >= 11 is 7.40. The maximum absolute atomic E-state index is 12.3. The average Bonchev–Trinajstić information content (AvgIpc) is 3.19. The second-order valence-corrected chi connectivity index (χ2v) is 7.63. The van der Waals surface area contributed by atoms with Gasteiger partial charge in [0.15, 0.2) is 5.13 Å². The van der Waals surface area contributed by atoms with Gasteiger partial charge in [-0.1, -0.05) is 29.8 Å². The molecule has 0 fully saturated rings. The van der Waals surface area contributed by atoms with E-state index in [0.717, 1.165) is 33.3 Å². The van der Waals surface area contributed by atoms with Crippen LogP contribution in [0.15, 0.2) is 78.4 Å². The highest BCUT2D eigenvalue weighted by Gasteiger charge is 2.07. The van der Waals surface area contributed by atoms with E-state index in [4.69, 9.17) is 11.6 Å². The second kappa shape index (κ2) is 8.86. The number of benzene rings is 2. The molecule has 0 aliphatic carbocycles. The van der Waals surface area contributed by atoms with Gasteiger partial charge < -0.3 is 10.6 Å². The smallest absolute Gasteiger partial charge is 0.228 e. The first-order valence-corrected chi connectivity index (χ1v) is 10.2. The van der Waals surface area contributed by atoms with Gasteiger partial charge in [-0.2, -0.15) is 0 Å². The summed E-state index contributed by atoms with van der Waals surface area (Å²) in [6.45, 7) is 0. The second-order valence-electron chi connectivity index (χ2n) is 6.33. The first-order chi connectivity index (χ1) is 14.2. The lowest BCUT2D eigenvalue weighted by Crippen LogP contribution is -2.14. The van der Waals surface area contributed by atoms with E-state index in [0.29, 0.717) is 5.02 Å². The number of aromatic nitrogens is 2. The van der Waals surface area contributed by atoms with Gasteiger partial charge in [-0.25, -0.2) is 4.98 Å². The van der Waals surface area contributed by atoms with Crippen LogP contribution in [-0.4, -0.2) is 15.9 Å². The number of carbonyl (C=O) groups is 1. The summed E-state index contributed by atoms with van der Waals surface area (Å²) in [5.74, 6) is -0.0845. The lowest BCUT2D eigenvalue weighted by molar-refractivity contribution is -0.115. The topological polar surface area (TPSA) is 66.9 Å². The molecule has 2 heterocycles. The monoisotopic (exact) mass is 420 g/mol. The first-order valence-electron chi connectivity index (χ1n) is 8.93. The highest BCUT2D eigenvalue weighted by Crippen LogP contribution is 2.27. The summed E-state index contributed by atoms with van der Waals surface area (Å²) in [4.78, 5) is 21.0. The molecule has 0 bridgehead atoms. The van der Waals surface area contributed by atoms with E-state index in [1.54, 1.807) is 24.5 Å². The predicted octanol–water partition coefficient (Wildman–Crippen LogP) is 5.78. The van der Waals surface area contributed by atoms with Crippen LogP contribution in [0, 0.1) is 0 Å². The number of thiazole rings is 1. The molecule has 2 N–H and O–H groups in total. The molecule has 0 aliphatic heterocycles. The van der Waals surface area contributed by atoms with Gasteiger partial charge in [-0.3, -0.25) is 9.78 Å². The maximum Gasteiger partial charge on any atom is 0.228 e. The largest absolute Gasteiger partial charge is 0.331 e. The molecule has 0 atom stereocenters. The Labute approximate surface area is 177 Å². The van der Waals surface area contributed by atoms with Gasteiger partial charge in [0.05, 0.1) is 12.1 Å².